The molecule has 0 spiro atoms. The van der Waals surface area contributed by atoms with Crippen LogP contribution in [0.1, 0.15) is 38.7 Å². The predicted molar refractivity (Wildman–Crippen MR) is 84.1 cm³/mol. The summed E-state index contributed by atoms with van der Waals surface area (Å²) in [4.78, 5) is 0. The van der Waals surface area contributed by atoms with Crippen molar-refractivity contribution in [2.45, 2.75) is 51.1 Å². The first kappa shape index (κ1) is 15.3. The normalized spacial score (nSPS) is 25.4. The first-order valence-electron chi connectivity index (χ1n) is 7.65. The Morgan fingerprint density at radius 2 is 2.00 bits per heavy atom. The van der Waals surface area contributed by atoms with Crippen LogP contribution >= 0.6 is 0 Å². The molecular formula is C17H28N2O. The van der Waals surface area contributed by atoms with Crippen molar-refractivity contribution in [1.29, 1.82) is 0 Å². The number of rotatable bonds is 6. The van der Waals surface area contributed by atoms with Gasteiger partial charge in [-0.25, -0.2) is 0 Å². The maximum absolute atomic E-state index is 6.04. The summed E-state index contributed by atoms with van der Waals surface area (Å²) < 4.78 is 5.20. The Balaban J connectivity index is 1.98. The van der Waals surface area contributed by atoms with E-state index < -0.39 is 0 Å². The molecule has 1 saturated carbocycles. The van der Waals surface area contributed by atoms with Gasteiger partial charge in [0.15, 0.2) is 0 Å². The molecule has 0 radical (unpaired) electrons. The summed E-state index contributed by atoms with van der Waals surface area (Å²) >= 11 is 0. The maximum Gasteiger partial charge on any atom is 0.118 e. The number of hydrogen-bond acceptors (Lipinski definition) is 3. The maximum atomic E-state index is 6.04. The van der Waals surface area contributed by atoms with E-state index in [0.29, 0.717) is 12.6 Å². The van der Waals surface area contributed by atoms with Crippen molar-refractivity contribution in [3.05, 3.63) is 29.8 Å². The van der Waals surface area contributed by atoms with Crippen LogP contribution in [0.4, 0.5) is 0 Å². The highest BCUT2D eigenvalue weighted by molar-refractivity contribution is 5.28. The van der Waals surface area contributed by atoms with E-state index in [1.165, 1.54) is 24.8 Å². The van der Waals surface area contributed by atoms with Crippen molar-refractivity contribution >= 4 is 0 Å². The van der Waals surface area contributed by atoms with E-state index >= 15 is 0 Å². The van der Waals surface area contributed by atoms with Crippen LogP contribution < -0.4 is 15.8 Å². The molecule has 0 aliphatic heterocycles. The molecule has 3 nitrogen and oxygen atoms in total. The Morgan fingerprint density at radius 3 is 2.50 bits per heavy atom. The molecular weight excluding hydrogens is 248 g/mol. The van der Waals surface area contributed by atoms with Gasteiger partial charge in [-0.15, -0.1) is 0 Å². The number of methoxy groups -OCH3 is 1. The fraction of sp³-hybridized carbons (Fsp3) is 0.647. The zero-order valence-corrected chi connectivity index (χ0v) is 13.0. The van der Waals surface area contributed by atoms with Crippen LogP contribution in [0.5, 0.6) is 5.75 Å². The molecule has 3 N–H and O–H groups in total. The third-order valence-electron chi connectivity index (χ3n) is 4.45. The lowest BCUT2D eigenvalue weighted by molar-refractivity contribution is 0.310. The highest BCUT2D eigenvalue weighted by Crippen LogP contribution is 2.27. The Kier molecular flexibility index (Phi) is 5.06. The topological polar surface area (TPSA) is 47.3 Å². The number of ether oxygens (including phenoxy) is 1. The second-order valence-electron chi connectivity index (χ2n) is 6.55. The molecule has 1 aliphatic rings. The van der Waals surface area contributed by atoms with E-state index in [1.54, 1.807) is 7.11 Å². The minimum absolute atomic E-state index is 0.0245. The molecule has 0 saturated heterocycles. The molecule has 112 valence electrons. The van der Waals surface area contributed by atoms with E-state index in [-0.39, 0.29) is 5.54 Å². The number of benzene rings is 1. The summed E-state index contributed by atoms with van der Waals surface area (Å²) in [6.07, 6.45) is 4.84. The lowest BCUT2D eigenvalue weighted by Gasteiger charge is -2.33. The van der Waals surface area contributed by atoms with E-state index in [9.17, 15) is 0 Å². The molecule has 1 aromatic carbocycles. The van der Waals surface area contributed by atoms with E-state index in [4.69, 9.17) is 10.5 Å². The quantitative estimate of drug-likeness (QED) is 0.840. The third kappa shape index (κ3) is 3.97. The van der Waals surface area contributed by atoms with Crippen LogP contribution in [0.25, 0.3) is 0 Å². The molecule has 0 bridgehead atoms. The molecule has 3 atom stereocenters. The van der Waals surface area contributed by atoms with Crippen LogP contribution in [-0.2, 0) is 6.42 Å². The molecule has 0 amide bonds. The van der Waals surface area contributed by atoms with Gasteiger partial charge in [0, 0.05) is 18.1 Å². The molecule has 2 rings (SSSR count). The van der Waals surface area contributed by atoms with Gasteiger partial charge < -0.3 is 15.8 Å². The van der Waals surface area contributed by atoms with Crippen molar-refractivity contribution in [1.82, 2.24) is 5.32 Å². The number of nitrogens with two attached hydrogens (primary N) is 1. The minimum atomic E-state index is -0.0245. The zero-order chi connectivity index (χ0) is 14.6. The summed E-state index contributed by atoms with van der Waals surface area (Å²) in [5, 5.41) is 3.79. The highest BCUT2D eigenvalue weighted by Gasteiger charge is 2.29. The van der Waals surface area contributed by atoms with Gasteiger partial charge in [-0.2, -0.15) is 0 Å². The summed E-state index contributed by atoms with van der Waals surface area (Å²) in [5.74, 6) is 1.75. The SMILES string of the molecule is COc1ccc(CC(C)(CN)NC2CCC(C)C2)cc1. The second-order valence-corrected chi connectivity index (χ2v) is 6.55. The molecule has 3 unspecified atom stereocenters. The summed E-state index contributed by atoms with van der Waals surface area (Å²) in [6.45, 7) is 5.23. The van der Waals surface area contributed by atoms with E-state index in [1.807, 2.05) is 12.1 Å². The number of nitrogens with one attached hydrogen (secondary N) is 1. The van der Waals surface area contributed by atoms with E-state index in [2.05, 4.69) is 31.3 Å². The summed E-state index contributed by atoms with van der Waals surface area (Å²) in [7, 11) is 1.70. The number of hydrogen-bond donors (Lipinski definition) is 2. The van der Waals surface area contributed by atoms with Gasteiger partial charge in [0.05, 0.1) is 7.11 Å². The Bertz CT molecular complexity index is 418. The molecule has 1 aromatic rings. The standard InChI is InChI=1S/C17H28N2O/c1-13-4-7-15(10-13)19-17(2,12-18)11-14-5-8-16(20-3)9-6-14/h5-6,8-9,13,15,19H,4,7,10-12,18H2,1-3H3. The average Bonchev–Trinajstić information content (AvgIpc) is 2.84. The largest absolute Gasteiger partial charge is 0.497 e. The van der Waals surface area contributed by atoms with Crippen molar-refractivity contribution in [3.8, 4) is 5.75 Å². The molecule has 1 fully saturated rings. The molecule has 0 heterocycles. The van der Waals surface area contributed by atoms with Crippen molar-refractivity contribution < 1.29 is 4.74 Å². The molecule has 3 heteroatoms. The van der Waals surface area contributed by atoms with Gasteiger partial charge in [-0.3, -0.25) is 0 Å². The first-order valence-corrected chi connectivity index (χ1v) is 7.65. The zero-order valence-electron chi connectivity index (χ0n) is 13.0. The lowest BCUT2D eigenvalue weighted by atomic mass is 9.91. The Hall–Kier alpha value is -1.06. The van der Waals surface area contributed by atoms with Gasteiger partial charge in [0.25, 0.3) is 0 Å². The average molecular weight is 276 g/mol. The van der Waals surface area contributed by atoms with Gasteiger partial charge in [-0.1, -0.05) is 19.1 Å². The molecule has 1 aliphatic carbocycles. The smallest absolute Gasteiger partial charge is 0.118 e. The van der Waals surface area contributed by atoms with Crippen molar-refractivity contribution in [2.75, 3.05) is 13.7 Å². The second kappa shape index (κ2) is 6.59. The van der Waals surface area contributed by atoms with Crippen molar-refractivity contribution in [2.24, 2.45) is 11.7 Å². The fourth-order valence-corrected chi connectivity index (χ4v) is 3.21. The first-order chi connectivity index (χ1) is 9.54. The monoisotopic (exact) mass is 276 g/mol. The highest BCUT2D eigenvalue weighted by atomic mass is 16.5. The Morgan fingerprint density at radius 1 is 1.30 bits per heavy atom. The van der Waals surface area contributed by atoms with Crippen molar-refractivity contribution in [3.63, 3.8) is 0 Å². The third-order valence-corrected chi connectivity index (χ3v) is 4.45. The van der Waals surface area contributed by atoms with Gasteiger partial charge in [0.1, 0.15) is 5.75 Å². The predicted octanol–water partition coefficient (Wildman–Crippen LogP) is 2.73. The summed E-state index contributed by atoms with van der Waals surface area (Å²) in [6, 6.07) is 8.92. The van der Waals surface area contributed by atoms with Gasteiger partial charge in [-0.05, 0) is 56.2 Å². The Labute approximate surface area is 122 Å². The minimum Gasteiger partial charge on any atom is -0.497 e. The van der Waals surface area contributed by atoms with E-state index in [0.717, 1.165) is 18.1 Å². The van der Waals surface area contributed by atoms with Crippen LogP contribution in [0, 0.1) is 5.92 Å². The van der Waals surface area contributed by atoms with Gasteiger partial charge >= 0.3 is 0 Å². The van der Waals surface area contributed by atoms with Crippen LogP contribution in [0.15, 0.2) is 24.3 Å². The fourth-order valence-electron chi connectivity index (χ4n) is 3.21. The van der Waals surface area contributed by atoms with Gasteiger partial charge in [0.2, 0.25) is 0 Å². The van der Waals surface area contributed by atoms with Crippen LogP contribution in [-0.4, -0.2) is 25.2 Å². The summed E-state index contributed by atoms with van der Waals surface area (Å²) in [5.41, 5.74) is 7.32. The van der Waals surface area contributed by atoms with Crippen LogP contribution in [0.3, 0.4) is 0 Å². The lowest BCUT2D eigenvalue weighted by Crippen LogP contribution is -2.54. The van der Waals surface area contributed by atoms with Crippen LogP contribution in [0.2, 0.25) is 0 Å². The molecule has 0 aromatic heterocycles. The molecule has 20 heavy (non-hydrogen) atoms.